The number of aromatic nitrogens is 3. The minimum atomic E-state index is -0.173. The van der Waals surface area contributed by atoms with Crippen molar-refractivity contribution in [3.63, 3.8) is 0 Å². The zero-order valence-electron chi connectivity index (χ0n) is 22.3. The number of hydrogen-bond donors (Lipinski definition) is 3. The van der Waals surface area contributed by atoms with Gasteiger partial charge in [0.25, 0.3) is 0 Å². The highest BCUT2D eigenvalue weighted by molar-refractivity contribution is 5.73. The molecule has 2 aromatic heterocycles. The van der Waals surface area contributed by atoms with Gasteiger partial charge in [0.2, 0.25) is 5.95 Å². The Balaban J connectivity index is 1.42. The second-order valence-corrected chi connectivity index (χ2v) is 10.5. The van der Waals surface area contributed by atoms with Gasteiger partial charge >= 0.3 is 0 Å². The smallest absolute Gasteiger partial charge is 0.224 e. The molecule has 36 heavy (non-hydrogen) atoms. The maximum absolute atomic E-state index is 9.90. The molecule has 0 spiro atoms. The van der Waals surface area contributed by atoms with E-state index in [0.717, 1.165) is 88.2 Å². The van der Waals surface area contributed by atoms with Crippen molar-refractivity contribution in [1.29, 1.82) is 0 Å². The van der Waals surface area contributed by atoms with Crippen molar-refractivity contribution < 1.29 is 5.11 Å². The fraction of sp³-hybridized carbons (Fsp3) is 0.679. The number of anilines is 2. The lowest BCUT2D eigenvalue weighted by molar-refractivity contribution is 0.126. The maximum Gasteiger partial charge on any atom is 0.224 e. The molecular formula is C28H45N7O. The minimum Gasteiger partial charge on any atom is -0.393 e. The predicted octanol–water partition coefficient (Wildman–Crippen LogP) is 4.04. The predicted molar refractivity (Wildman–Crippen MR) is 147 cm³/mol. The van der Waals surface area contributed by atoms with Gasteiger partial charge in [-0.05, 0) is 83.1 Å². The summed E-state index contributed by atoms with van der Waals surface area (Å²) in [6.45, 7) is 8.84. The van der Waals surface area contributed by atoms with E-state index < -0.39 is 0 Å². The van der Waals surface area contributed by atoms with Crippen molar-refractivity contribution in [2.45, 2.75) is 76.9 Å². The average Bonchev–Trinajstić information content (AvgIpc) is 2.88. The van der Waals surface area contributed by atoms with Crippen LogP contribution in [0.5, 0.6) is 0 Å². The van der Waals surface area contributed by atoms with Crippen molar-refractivity contribution in [2.24, 2.45) is 0 Å². The number of hydrogen-bond acceptors (Lipinski definition) is 8. The molecule has 4 rings (SSSR count). The fourth-order valence-corrected chi connectivity index (χ4v) is 5.05. The summed E-state index contributed by atoms with van der Waals surface area (Å²) in [5.74, 6) is 1.48. The molecule has 0 atom stereocenters. The van der Waals surface area contributed by atoms with Crippen molar-refractivity contribution in [1.82, 2.24) is 24.8 Å². The molecule has 0 unspecified atom stereocenters. The van der Waals surface area contributed by atoms with E-state index in [0.29, 0.717) is 12.0 Å². The van der Waals surface area contributed by atoms with E-state index in [1.165, 1.54) is 31.5 Å². The van der Waals surface area contributed by atoms with E-state index in [1.54, 1.807) is 0 Å². The highest BCUT2D eigenvalue weighted by atomic mass is 16.3. The van der Waals surface area contributed by atoms with Crippen LogP contribution >= 0.6 is 0 Å². The van der Waals surface area contributed by atoms with E-state index in [-0.39, 0.29) is 6.10 Å². The van der Waals surface area contributed by atoms with Gasteiger partial charge in [-0.15, -0.1) is 0 Å². The van der Waals surface area contributed by atoms with Crippen LogP contribution < -0.4 is 10.6 Å². The molecule has 1 aliphatic heterocycles. The molecule has 0 bridgehead atoms. The molecule has 3 heterocycles. The first-order valence-electron chi connectivity index (χ1n) is 14.0. The summed E-state index contributed by atoms with van der Waals surface area (Å²) in [4.78, 5) is 19.3. The molecule has 2 aliphatic rings. The SMILES string of the molecule is CCCCNc1ncc(-c2ccc(CCN3CCCCN(C)CC3)cn2)c(NC2CCC(O)CC2)n1. The molecule has 198 valence electrons. The Bertz CT molecular complexity index is 915. The molecule has 1 saturated heterocycles. The van der Waals surface area contributed by atoms with E-state index in [1.807, 2.05) is 12.4 Å². The Morgan fingerprint density at radius 1 is 1.00 bits per heavy atom. The summed E-state index contributed by atoms with van der Waals surface area (Å²) in [5.41, 5.74) is 3.09. The van der Waals surface area contributed by atoms with Gasteiger partial charge < -0.3 is 25.5 Å². The molecule has 8 nitrogen and oxygen atoms in total. The van der Waals surface area contributed by atoms with Crippen LogP contribution in [-0.4, -0.2) is 88.3 Å². The molecule has 8 heteroatoms. The van der Waals surface area contributed by atoms with Gasteiger partial charge in [0.1, 0.15) is 5.82 Å². The third-order valence-electron chi connectivity index (χ3n) is 7.52. The lowest BCUT2D eigenvalue weighted by atomic mass is 9.93. The second kappa shape index (κ2) is 13.9. The van der Waals surface area contributed by atoms with Gasteiger partial charge in [-0.25, -0.2) is 4.98 Å². The first-order chi connectivity index (χ1) is 17.6. The quantitative estimate of drug-likeness (QED) is 0.426. The van der Waals surface area contributed by atoms with Gasteiger partial charge in [0, 0.05) is 44.6 Å². The second-order valence-electron chi connectivity index (χ2n) is 10.5. The Kier molecular flexibility index (Phi) is 10.3. The van der Waals surface area contributed by atoms with Crippen LogP contribution in [0.4, 0.5) is 11.8 Å². The van der Waals surface area contributed by atoms with Crippen LogP contribution in [0.25, 0.3) is 11.3 Å². The number of nitrogens with zero attached hydrogens (tertiary/aromatic N) is 5. The van der Waals surface area contributed by atoms with Crippen LogP contribution in [0, 0.1) is 0 Å². The molecule has 0 radical (unpaired) electrons. The molecule has 2 aromatic rings. The van der Waals surface area contributed by atoms with Crippen LogP contribution in [0.15, 0.2) is 24.5 Å². The summed E-state index contributed by atoms with van der Waals surface area (Å²) in [6, 6.07) is 4.61. The Labute approximate surface area is 216 Å². The Morgan fingerprint density at radius 3 is 2.61 bits per heavy atom. The van der Waals surface area contributed by atoms with E-state index >= 15 is 0 Å². The minimum absolute atomic E-state index is 0.173. The van der Waals surface area contributed by atoms with Crippen LogP contribution in [-0.2, 0) is 6.42 Å². The van der Waals surface area contributed by atoms with Crippen LogP contribution in [0.2, 0.25) is 0 Å². The number of likely N-dealkylation sites (N-methyl/N-ethyl adjacent to an activating group) is 1. The van der Waals surface area contributed by atoms with Gasteiger partial charge in [0.05, 0.1) is 17.4 Å². The summed E-state index contributed by atoms with van der Waals surface area (Å²) in [5, 5.41) is 16.9. The van der Waals surface area contributed by atoms with Crippen LogP contribution in [0.1, 0.15) is 63.9 Å². The molecule has 0 amide bonds. The number of unbranched alkanes of at least 4 members (excludes halogenated alkanes) is 1. The highest BCUT2D eigenvalue weighted by Gasteiger charge is 2.21. The summed E-state index contributed by atoms with van der Waals surface area (Å²) in [6.07, 6.45) is 13.1. The van der Waals surface area contributed by atoms with E-state index in [9.17, 15) is 5.11 Å². The van der Waals surface area contributed by atoms with Gasteiger partial charge in [-0.1, -0.05) is 19.4 Å². The largest absolute Gasteiger partial charge is 0.393 e. The van der Waals surface area contributed by atoms with Crippen molar-refractivity contribution >= 4 is 11.8 Å². The zero-order chi connectivity index (χ0) is 25.2. The average molecular weight is 496 g/mol. The van der Waals surface area contributed by atoms with Gasteiger partial charge in [-0.2, -0.15) is 4.98 Å². The normalized spacial score (nSPS) is 22.1. The Hall–Kier alpha value is -2.29. The van der Waals surface area contributed by atoms with Crippen molar-refractivity contribution in [3.8, 4) is 11.3 Å². The van der Waals surface area contributed by atoms with Crippen molar-refractivity contribution in [3.05, 3.63) is 30.1 Å². The fourth-order valence-electron chi connectivity index (χ4n) is 5.05. The zero-order valence-corrected chi connectivity index (χ0v) is 22.3. The monoisotopic (exact) mass is 495 g/mol. The number of aliphatic hydroxyl groups is 1. The standard InChI is InChI=1S/C28H45N7O/c1-3-4-14-29-28-31-21-25(27(33-28)32-23-8-10-24(36)11-9-23)26-12-7-22(20-30-26)13-17-35-16-6-5-15-34(2)18-19-35/h7,12,20-21,23-24,36H,3-6,8-11,13-19H2,1-2H3,(H2,29,31,32,33). The topological polar surface area (TPSA) is 89.4 Å². The molecule has 3 N–H and O–H groups in total. The Morgan fingerprint density at radius 2 is 1.83 bits per heavy atom. The molecule has 1 saturated carbocycles. The highest BCUT2D eigenvalue weighted by Crippen LogP contribution is 2.29. The van der Waals surface area contributed by atoms with Gasteiger partial charge in [0.15, 0.2) is 0 Å². The summed E-state index contributed by atoms with van der Waals surface area (Å²) in [7, 11) is 2.23. The number of nitrogens with one attached hydrogen (secondary N) is 2. The number of aliphatic hydroxyl groups excluding tert-OH is 1. The first-order valence-corrected chi connectivity index (χ1v) is 14.0. The summed E-state index contributed by atoms with van der Waals surface area (Å²) < 4.78 is 0. The van der Waals surface area contributed by atoms with Crippen molar-refractivity contribution in [2.75, 3.05) is 56.9 Å². The third-order valence-corrected chi connectivity index (χ3v) is 7.52. The van der Waals surface area contributed by atoms with E-state index in [4.69, 9.17) is 9.97 Å². The maximum atomic E-state index is 9.90. The lowest BCUT2D eigenvalue weighted by Gasteiger charge is -2.28. The lowest BCUT2D eigenvalue weighted by Crippen LogP contribution is -2.38. The summed E-state index contributed by atoms with van der Waals surface area (Å²) >= 11 is 0. The molecule has 0 aromatic carbocycles. The third kappa shape index (κ3) is 8.11. The first kappa shape index (κ1) is 26.8. The van der Waals surface area contributed by atoms with E-state index in [2.05, 4.69) is 51.5 Å². The molecule has 1 aliphatic carbocycles. The molecule has 2 fully saturated rings. The number of pyridine rings is 1. The van der Waals surface area contributed by atoms with Gasteiger partial charge in [-0.3, -0.25) is 4.98 Å². The van der Waals surface area contributed by atoms with Crippen LogP contribution in [0.3, 0.4) is 0 Å². The molecular weight excluding hydrogens is 450 g/mol. The number of rotatable bonds is 10.